The van der Waals surface area contributed by atoms with Gasteiger partial charge in [-0.05, 0) is 30.7 Å². The van der Waals surface area contributed by atoms with E-state index in [1.807, 2.05) is 36.1 Å². The summed E-state index contributed by atoms with van der Waals surface area (Å²) in [6.07, 6.45) is 0.992. The Kier molecular flexibility index (Phi) is 7.45. The van der Waals surface area contributed by atoms with E-state index in [4.69, 9.17) is 38.5 Å². The molecule has 2 fully saturated rings. The Labute approximate surface area is 213 Å². The van der Waals surface area contributed by atoms with E-state index in [1.165, 1.54) is 11.1 Å². The molecule has 3 heterocycles. The third-order valence-corrected chi connectivity index (χ3v) is 7.38. The van der Waals surface area contributed by atoms with Crippen molar-refractivity contribution in [1.29, 1.82) is 10.5 Å². The maximum atomic E-state index is 13.2. The first-order valence-corrected chi connectivity index (χ1v) is 12.0. The average molecular weight is 512 g/mol. The van der Waals surface area contributed by atoms with Crippen LogP contribution in [-0.4, -0.2) is 58.9 Å². The molecule has 2 aliphatic rings. The first kappa shape index (κ1) is 24.8. The third kappa shape index (κ3) is 5.35. The van der Waals surface area contributed by atoms with Gasteiger partial charge >= 0.3 is 0 Å². The number of aromatic nitrogens is 1. The molecule has 2 saturated heterocycles. The van der Waals surface area contributed by atoms with Crippen LogP contribution in [0.25, 0.3) is 0 Å². The summed E-state index contributed by atoms with van der Waals surface area (Å²) in [4.78, 5) is 32.7. The molecule has 180 valence electrons. The van der Waals surface area contributed by atoms with Crippen molar-refractivity contribution in [2.45, 2.75) is 25.4 Å². The normalized spacial score (nSPS) is 20.5. The standard InChI is InChI=1S/C25H23Cl2N5O3/c1-15(35-23-5-2-16(9-29)10-30-23)19-13-32(14-20(19)17-3-4-21(26)22(27)8-17)25(34)18-11-31(12-18)24(33)6-7-28/h2-5,8,10,15,18-20H,6,11-14H2,1H3/t15-,19?,20+/m0/s1. The van der Waals surface area contributed by atoms with E-state index in [1.54, 1.807) is 18.2 Å². The van der Waals surface area contributed by atoms with Gasteiger partial charge in [0.05, 0.1) is 27.6 Å². The van der Waals surface area contributed by atoms with Gasteiger partial charge in [0.2, 0.25) is 17.7 Å². The first-order valence-electron chi connectivity index (χ1n) is 11.2. The molecular weight excluding hydrogens is 489 g/mol. The van der Waals surface area contributed by atoms with Gasteiger partial charge in [-0.1, -0.05) is 29.3 Å². The Morgan fingerprint density at radius 3 is 2.51 bits per heavy atom. The molecule has 2 aromatic rings. The van der Waals surface area contributed by atoms with Crippen LogP contribution >= 0.6 is 23.2 Å². The molecule has 8 nitrogen and oxygen atoms in total. The summed E-state index contributed by atoms with van der Waals surface area (Å²) in [5, 5.41) is 18.6. The summed E-state index contributed by atoms with van der Waals surface area (Å²) < 4.78 is 6.11. The van der Waals surface area contributed by atoms with E-state index >= 15 is 0 Å². The van der Waals surface area contributed by atoms with Crippen molar-refractivity contribution >= 4 is 35.0 Å². The fourth-order valence-electron chi connectivity index (χ4n) is 4.65. The highest BCUT2D eigenvalue weighted by Gasteiger charge is 2.44. The zero-order chi connectivity index (χ0) is 25.1. The maximum Gasteiger partial charge on any atom is 0.236 e. The van der Waals surface area contributed by atoms with E-state index < -0.39 is 0 Å². The van der Waals surface area contributed by atoms with Gasteiger partial charge in [0.1, 0.15) is 18.6 Å². The van der Waals surface area contributed by atoms with Gasteiger partial charge in [0.25, 0.3) is 0 Å². The molecule has 1 aromatic heterocycles. The lowest BCUT2D eigenvalue weighted by molar-refractivity contribution is -0.147. The van der Waals surface area contributed by atoms with Crippen molar-refractivity contribution in [2.24, 2.45) is 11.8 Å². The van der Waals surface area contributed by atoms with Crippen LogP contribution in [0.4, 0.5) is 0 Å². The minimum Gasteiger partial charge on any atom is -0.474 e. The Hall–Kier alpha value is -3.33. The molecule has 35 heavy (non-hydrogen) atoms. The summed E-state index contributed by atoms with van der Waals surface area (Å²) in [6, 6.07) is 12.7. The van der Waals surface area contributed by atoms with Gasteiger partial charge in [-0.3, -0.25) is 9.59 Å². The molecule has 0 N–H and O–H groups in total. The molecule has 0 spiro atoms. The van der Waals surface area contributed by atoms with E-state index in [2.05, 4.69) is 4.98 Å². The number of likely N-dealkylation sites (tertiary alicyclic amines) is 2. The van der Waals surface area contributed by atoms with Gasteiger partial charge < -0.3 is 14.5 Å². The second-order valence-electron chi connectivity index (χ2n) is 8.84. The van der Waals surface area contributed by atoms with Crippen LogP contribution < -0.4 is 4.74 Å². The van der Waals surface area contributed by atoms with Crippen LogP contribution in [0.2, 0.25) is 10.0 Å². The summed E-state index contributed by atoms with van der Waals surface area (Å²) in [7, 11) is 0. The number of carbonyl (C=O) groups is 2. The molecule has 0 radical (unpaired) electrons. The van der Waals surface area contributed by atoms with Gasteiger partial charge in [-0.25, -0.2) is 4.98 Å². The van der Waals surface area contributed by atoms with E-state index in [-0.39, 0.29) is 42.1 Å². The van der Waals surface area contributed by atoms with E-state index in [9.17, 15) is 9.59 Å². The molecule has 1 aromatic carbocycles. The van der Waals surface area contributed by atoms with Gasteiger partial charge in [0, 0.05) is 50.3 Å². The molecule has 4 rings (SSSR count). The lowest BCUT2D eigenvalue weighted by Gasteiger charge is -2.39. The molecule has 10 heteroatoms. The first-order chi connectivity index (χ1) is 16.8. The fraction of sp³-hybridized carbons (Fsp3) is 0.400. The Balaban J connectivity index is 1.50. The largest absolute Gasteiger partial charge is 0.474 e. The quantitative estimate of drug-likeness (QED) is 0.585. The van der Waals surface area contributed by atoms with Crippen molar-refractivity contribution in [3.05, 3.63) is 57.7 Å². The van der Waals surface area contributed by atoms with Gasteiger partial charge in [-0.2, -0.15) is 10.5 Å². The molecule has 0 aliphatic carbocycles. The number of nitriles is 2. The number of ether oxygens (including phenoxy) is 1. The molecule has 2 amide bonds. The number of pyridine rings is 1. The van der Waals surface area contributed by atoms with Crippen molar-refractivity contribution in [3.8, 4) is 18.0 Å². The number of hydrogen-bond acceptors (Lipinski definition) is 6. The Morgan fingerprint density at radius 1 is 1.11 bits per heavy atom. The zero-order valence-corrected chi connectivity index (χ0v) is 20.5. The Bertz CT molecular complexity index is 1200. The zero-order valence-electron chi connectivity index (χ0n) is 19.0. The highest BCUT2D eigenvalue weighted by Crippen LogP contribution is 2.39. The lowest BCUT2D eigenvalue weighted by Crippen LogP contribution is -2.56. The third-order valence-electron chi connectivity index (χ3n) is 6.64. The van der Waals surface area contributed by atoms with Crippen LogP contribution in [0.15, 0.2) is 36.5 Å². The molecule has 3 atom stereocenters. The number of nitrogens with zero attached hydrogens (tertiary/aromatic N) is 5. The molecule has 0 saturated carbocycles. The molecule has 1 unspecified atom stereocenters. The highest BCUT2D eigenvalue weighted by atomic mass is 35.5. The minimum atomic E-state index is -0.289. The predicted molar refractivity (Wildman–Crippen MR) is 129 cm³/mol. The monoisotopic (exact) mass is 511 g/mol. The number of halogens is 2. The maximum absolute atomic E-state index is 13.2. The topological polar surface area (TPSA) is 110 Å². The highest BCUT2D eigenvalue weighted by molar-refractivity contribution is 6.42. The number of carbonyl (C=O) groups excluding carboxylic acids is 2. The van der Waals surface area contributed by atoms with Crippen LogP contribution in [-0.2, 0) is 9.59 Å². The minimum absolute atomic E-state index is 0.0118. The smallest absolute Gasteiger partial charge is 0.236 e. The number of amides is 2. The number of benzene rings is 1. The molecular formula is C25H23Cl2N5O3. The van der Waals surface area contributed by atoms with Crippen molar-refractivity contribution < 1.29 is 14.3 Å². The summed E-state index contributed by atoms with van der Waals surface area (Å²) in [6.45, 7) is 3.56. The van der Waals surface area contributed by atoms with Crippen LogP contribution in [0.3, 0.4) is 0 Å². The molecule has 2 aliphatic heterocycles. The van der Waals surface area contributed by atoms with Crippen LogP contribution in [0.1, 0.15) is 30.4 Å². The second kappa shape index (κ2) is 10.5. The number of hydrogen-bond donors (Lipinski definition) is 0. The number of rotatable bonds is 6. The van der Waals surface area contributed by atoms with Crippen molar-refractivity contribution in [2.75, 3.05) is 26.2 Å². The lowest BCUT2D eigenvalue weighted by atomic mass is 9.86. The Morgan fingerprint density at radius 2 is 1.89 bits per heavy atom. The van der Waals surface area contributed by atoms with Crippen molar-refractivity contribution in [3.63, 3.8) is 0 Å². The predicted octanol–water partition coefficient (Wildman–Crippen LogP) is 3.64. The van der Waals surface area contributed by atoms with E-state index in [0.29, 0.717) is 47.7 Å². The summed E-state index contributed by atoms with van der Waals surface area (Å²) in [5.41, 5.74) is 1.40. The average Bonchev–Trinajstić information content (AvgIpc) is 3.26. The molecule has 0 bridgehead atoms. The SMILES string of the molecule is C[C@H](Oc1ccc(C#N)cn1)C1CN(C(=O)C2CN(C(=O)CC#N)C2)C[C@@H]1c1ccc(Cl)c(Cl)c1. The fourth-order valence-corrected chi connectivity index (χ4v) is 4.96. The van der Waals surface area contributed by atoms with Crippen LogP contribution in [0.5, 0.6) is 5.88 Å². The van der Waals surface area contributed by atoms with Gasteiger partial charge in [-0.15, -0.1) is 0 Å². The van der Waals surface area contributed by atoms with Crippen LogP contribution in [0, 0.1) is 34.5 Å². The van der Waals surface area contributed by atoms with Gasteiger partial charge in [0.15, 0.2) is 0 Å². The second-order valence-corrected chi connectivity index (χ2v) is 9.65. The summed E-state index contributed by atoms with van der Waals surface area (Å²) in [5.74, 6) is -0.227. The van der Waals surface area contributed by atoms with Crippen molar-refractivity contribution in [1.82, 2.24) is 14.8 Å². The summed E-state index contributed by atoms with van der Waals surface area (Å²) >= 11 is 12.4. The van der Waals surface area contributed by atoms with E-state index in [0.717, 1.165) is 5.56 Å².